The summed E-state index contributed by atoms with van der Waals surface area (Å²) in [5, 5.41) is 36.5. The molecule has 1 aromatic heterocycles. The van der Waals surface area contributed by atoms with Crippen LogP contribution in [0, 0.1) is 0 Å². The van der Waals surface area contributed by atoms with Gasteiger partial charge >= 0.3 is 6.09 Å². The Kier molecular flexibility index (Phi) is 12.8. The van der Waals surface area contributed by atoms with Gasteiger partial charge in [0.2, 0.25) is 5.56 Å². The summed E-state index contributed by atoms with van der Waals surface area (Å²) < 4.78 is 5.93. The van der Waals surface area contributed by atoms with Crippen LogP contribution in [-0.2, 0) is 12.8 Å². The van der Waals surface area contributed by atoms with Gasteiger partial charge in [-0.25, -0.2) is 4.79 Å². The van der Waals surface area contributed by atoms with Gasteiger partial charge in [0.15, 0.2) is 0 Å². The molecule has 1 heterocycles. The number of carboxylic acid groups (broad SMARTS) is 1. The second kappa shape index (κ2) is 16.7. The van der Waals surface area contributed by atoms with Crippen LogP contribution in [0.4, 0.5) is 19.9 Å². The third-order valence-corrected chi connectivity index (χ3v) is 7.41. The van der Waals surface area contributed by atoms with Crippen LogP contribution in [0.3, 0.4) is 0 Å². The van der Waals surface area contributed by atoms with Crippen molar-refractivity contribution < 1.29 is 34.3 Å². The van der Waals surface area contributed by atoms with Crippen molar-refractivity contribution in [2.75, 3.05) is 25.0 Å². The molecule has 0 fully saturated rings. The lowest BCUT2D eigenvalue weighted by atomic mass is 10.00. The summed E-state index contributed by atoms with van der Waals surface area (Å²) in [6, 6.07) is 29.6. The molecular formula is C35H37F2N3O6. The van der Waals surface area contributed by atoms with Crippen LogP contribution in [0.2, 0.25) is 0 Å². The molecule has 46 heavy (non-hydrogen) atoms. The highest BCUT2D eigenvalue weighted by molar-refractivity contribution is 5.91. The van der Waals surface area contributed by atoms with E-state index in [9.17, 15) is 24.9 Å². The number of phenols is 1. The maximum atomic E-state index is 11.6. The minimum atomic E-state index is -1.10. The van der Waals surface area contributed by atoms with E-state index in [0.717, 1.165) is 47.3 Å². The standard InChI is InChI=1S/C35H35N3O6.2FH/c39-31-16-14-28(29-15-17-33(41)38-34(29)31)32(40)22-36-19-18-23-8-11-26(12-9-23)44-20-4-5-24-10-13-27(25-6-2-1-3-7-25)30(21-24)37-35(42)43;;/h1-3,6-17,21,32,36-37,39-40H,4-5,18-20,22H2,(H,38,41)(H,42,43);2*1H/t32-;;/m1../s1. The van der Waals surface area contributed by atoms with Crippen molar-refractivity contribution in [3.05, 3.63) is 124 Å². The second-order valence-corrected chi connectivity index (χ2v) is 10.5. The van der Waals surface area contributed by atoms with Gasteiger partial charge in [0.05, 0.1) is 23.9 Å². The number of aromatic amines is 1. The van der Waals surface area contributed by atoms with E-state index in [-0.39, 0.29) is 20.7 Å². The number of pyridine rings is 1. The quantitative estimate of drug-likeness (QED) is 0.0851. The highest BCUT2D eigenvalue weighted by Gasteiger charge is 2.14. The molecule has 0 spiro atoms. The Balaban J connectivity index is 0.00000288. The fourth-order valence-corrected chi connectivity index (χ4v) is 5.18. The summed E-state index contributed by atoms with van der Waals surface area (Å²) in [6.07, 6.45) is 0.389. The molecule has 0 radical (unpaired) electrons. The first-order valence-corrected chi connectivity index (χ1v) is 14.5. The maximum Gasteiger partial charge on any atom is 0.409 e. The van der Waals surface area contributed by atoms with Crippen molar-refractivity contribution in [2.45, 2.75) is 25.4 Å². The van der Waals surface area contributed by atoms with Crippen LogP contribution in [0.1, 0.15) is 29.2 Å². The van der Waals surface area contributed by atoms with Crippen molar-refractivity contribution in [3.63, 3.8) is 0 Å². The summed E-state index contributed by atoms with van der Waals surface area (Å²) in [6.45, 7) is 1.51. The lowest BCUT2D eigenvalue weighted by Crippen LogP contribution is -2.24. The molecular weight excluding hydrogens is 596 g/mol. The molecule has 5 aromatic rings. The van der Waals surface area contributed by atoms with Crippen molar-refractivity contribution in [3.8, 4) is 22.6 Å². The van der Waals surface area contributed by atoms with Gasteiger partial charge in [-0.15, -0.1) is 0 Å². The Morgan fingerprint density at radius 1 is 0.870 bits per heavy atom. The summed E-state index contributed by atoms with van der Waals surface area (Å²) in [7, 11) is 0. The Bertz CT molecular complexity index is 1780. The predicted octanol–water partition coefficient (Wildman–Crippen LogP) is 6.17. The average molecular weight is 634 g/mol. The molecule has 1 atom stereocenters. The number of carbonyl (C=O) groups is 1. The van der Waals surface area contributed by atoms with Crippen molar-refractivity contribution in [2.24, 2.45) is 0 Å². The van der Waals surface area contributed by atoms with E-state index >= 15 is 0 Å². The van der Waals surface area contributed by atoms with Gasteiger partial charge in [-0.1, -0.05) is 60.7 Å². The number of nitrogens with one attached hydrogen (secondary N) is 3. The summed E-state index contributed by atoms with van der Waals surface area (Å²) >= 11 is 0. The number of hydrogen-bond donors (Lipinski definition) is 6. The zero-order valence-corrected chi connectivity index (χ0v) is 24.9. The predicted molar refractivity (Wildman–Crippen MR) is 177 cm³/mol. The number of fused-ring (bicyclic) bond motifs is 1. The highest BCUT2D eigenvalue weighted by Crippen LogP contribution is 2.30. The molecule has 9 nitrogen and oxygen atoms in total. The first-order valence-electron chi connectivity index (χ1n) is 14.5. The number of amides is 1. The monoisotopic (exact) mass is 633 g/mol. The van der Waals surface area contributed by atoms with E-state index in [0.29, 0.717) is 41.9 Å². The number of anilines is 1. The van der Waals surface area contributed by atoms with Gasteiger partial charge < -0.3 is 30.4 Å². The van der Waals surface area contributed by atoms with Crippen LogP contribution >= 0.6 is 0 Å². The zero-order chi connectivity index (χ0) is 30.9. The molecule has 0 saturated heterocycles. The molecule has 0 aliphatic heterocycles. The van der Waals surface area contributed by atoms with Gasteiger partial charge in [0.1, 0.15) is 11.5 Å². The minimum Gasteiger partial charge on any atom is -0.506 e. The molecule has 0 aliphatic carbocycles. The summed E-state index contributed by atoms with van der Waals surface area (Å²) in [5.74, 6) is 0.744. The van der Waals surface area contributed by atoms with Crippen LogP contribution in [0.25, 0.3) is 22.0 Å². The molecule has 0 aliphatic rings. The molecule has 1 amide bonds. The fourth-order valence-electron chi connectivity index (χ4n) is 5.18. The molecule has 5 rings (SSSR count). The first-order chi connectivity index (χ1) is 21.4. The number of aliphatic hydroxyl groups excluding tert-OH is 1. The van der Waals surface area contributed by atoms with E-state index in [4.69, 9.17) is 4.74 Å². The molecule has 4 aromatic carbocycles. The third-order valence-electron chi connectivity index (χ3n) is 7.41. The number of H-pyrrole nitrogens is 1. The Hall–Kier alpha value is -5.26. The molecule has 242 valence electrons. The zero-order valence-electron chi connectivity index (χ0n) is 24.9. The first kappa shape index (κ1) is 35.2. The number of ether oxygens (including phenoxy) is 1. The Morgan fingerprint density at radius 2 is 1.61 bits per heavy atom. The number of phenolic OH excluding ortho intramolecular Hbond substituents is 1. The fraction of sp³-hybridized carbons (Fsp3) is 0.200. The number of aryl methyl sites for hydroxylation is 1. The number of halogens is 2. The van der Waals surface area contributed by atoms with Crippen molar-refractivity contribution in [1.29, 1.82) is 0 Å². The molecule has 11 heteroatoms. The lowest BCUT2D eigenvalue weighted by molar-refractivity contribution is 0.176. The molecule has 0 saturated carbocycles. The van der Waals surface area contributed by atoms with Gasteiger partial charge in [0.25, 0.3) is 0 Å². The smallest absolute Gasteiger partial charge is 0.409 e. The Morgan fingerprint density at radius 3 is 2.35 bits per heavy atom. The van der Waals surface area contributed by atoms with E-state index in [1.807, 2.05) is 72.8 Å². The van der Waals surface area contributed by atoms with E-state index in [1.165, 1.54) is 12.1 Å². The summed E-state index contributed by atoms with van der Waals surface area (Å²) in [5.41, 5.74) is 5.13. The van der Waals surface area contributed by atoms with Gasteiger partial charge in [-0.05, 0) is 78.4 Å². The summed E-state index contributed by atoms with van der Waals surface area (Å²) in [4.78, 5) is 25.6. The number of aromatic nitrogens is 1. The van der Waals surface area contributed by atoms with Crippen molar-refractivity contribution >= 4 is 22.7 Å². The largest absolute Gasteiger partial charge is 0.506 e. The van der Waals surface area contributed by atoms with E-state index in [1.54, 1.807) is 12.1 Å². The van der Waals surface area contributed by atoms with Crippen LogP contribution in [0.5, 0.6) is 11.5 Å². The second-order valence-electron chi connectivity index (χ2n) is 10.5. The number of aliphatic hydroxyl groups is 1. The average Bonchev–Trinajstić information content (AvgIpc) is 3.02. The van der Waals surface area contributed by atoms with E-state index in [2.05, 4.69) is 15.6 Å². The van der Waals surface area contributed by atoms with Crippen LogP contribution in [-0.4, -0.2) is 46.1 Å². The minimum absolute atomic E-state index is 0. The number of rotatable bonds is 13. The Labute approximate surface area is 264 Å². The van der Waals surface area contributed by atoms with Gasteiger partial charge in [0, 0.05) is 23.6 Å². The molecule has 0 unspecified atom stereocenters. The maximum absolute atomic E-state index is 11.6. The van der Waals surface area contributed by atoms with E-state index < -0.39 is 12.2 Å². The van der Waals surface area contributed by atoms with Gasteiger partial charge in [-0.2, -0.15) is 0 Å². The molecule has 6 N–H and O–H groups in total. The number of aromatic hydroxyl groups is 1. The number of hydrogen-bond acceptors (Lipinski definition) is 6. The topological polar surface area (TPSA) is 144 Å². The lowest BCUT2D eigenvalue weighted by Gasteiger charge is -2.15. The van der Waals surface area contributed by atoms with Gasteiger partial charge in [-0.3, -0.25) is 19.5 Å². The SMILES string of the molecule is F.F.O=C(O)Nc1cc(CCCOc2ccc(CCNC[C@@H](O)c3ccc(O)c4[nH]c(=O)ccc34)cc2)ccc1-c1ccccc1. The van der Waals surface area contributed by atoms with Crippen molar-refractivity contribution in [1.82, 2.24) is 10.3 Å². The highest BCUT2D eigenvalue weighted by atomic mass is 19.0. The van der Waals surface area contributed by atoms with Crippen LogP contribution < -0.4 is 20.9 Å². The molecule has 0 bridgehead atoms. The normalized spacial score (nSPS) is 11.2. The third kappa shape index (κ3) is 9.13. The van der Waals surface area contributed by atoms with Crippen LogP contribution in [0.15, 0.2) is 102 Å². The number of benzene rings is 4.